The summed E-state index contributed by atoms with van der Waals surface area (Å²) in [5.74, 6) is 0. The van der Waals surface area contributed by atoms with E-state index in [0.29, 0.717) is 0 Å². The van der Waals surface area contributed by atoms with Gasteiger partial charge in [-0.25, -0.2) is 0 Å². The largest absolute Gasteiger partial charge is 0.396 e. The van der Waals surface area contributed by atoms with Crippen molar-refractivity contribution >= 4 is 0 Å². The van der Waals surface area contributed by atoms with Gasteiger partial charge in [0.2, 0.25) is 0 Å². The summed E-state index contributed by atoms with van der Waals surface area (Å²) in [5, 5.41) is 8.87. The lowest BCUT2D eigenvalue weighted by Gasteiger charge is -2.40. The fraction of sp³-hybridized carbons (Fsp3) is 1.00. The van der Waals surface area contributed by atoms with Crippen molar-refractivity contribution in [2.45, 2.75) is 25.8 Å². The lowest BCUT2D eigenvalue weighted by Crippen LogP contribution is -2.50. The molecule has 1 rings (SSSR count). The second kappa shape index (κ2) is 4.21. The van der Waals surface area contributed by atoms with Crippen LogP contribution in [0.15, 0.2) is 0 Å². The number of hydrogen-bond donors (Lipinski definition) is 1. The summed E-state index contributed by atoms with van der Waals surface area (Å²) < 4.78 is 5.27. The Morgan fingerprint density at radius 1 is 1.33 bits per heavy atom. The Hall–Kier alpha value is -0.120. The van der Waals surface area contributed by atoms with Crippen LogP contribution < -0.4 is 0 Å². The van der Waals surface area contributed by atoms with E-state index in [1.807, 2.05) is 0 Å². The molecule has 1 saturated heterocycles. The van der Waals surface area contributed by atoms with Crippen molar-refractivity contribution in [3.8, 4) is 0 Å². The Balaban J connectivity index is 2.41. The Kier molecular flexibility index (Phi) is 3.50. The number of rotatable bonds is 3. The second-order valence-corrected chi connectivity index (χ2v) is 3.89. The monoisotopic (exact) mass is 173 g/mol. The molecule has 0 amide bonds. The molecule has 0 bridgehead atoms. The molecule has 1 heterocycles. The van der Waals surface area contributed by atoms with Gasteiger partial charge in [-0.15, -0.1) is 0 Å². The molecule has 1 aliphatic rings. The summed E-state index contributed by atoms with van der Waals surface area (Å²) in [6.07, 6.45) is 0.840. The number of morpholine rings is 1. The quantitative estimate of drug-likeness (QED) is 0.674. The number of nitrogens with zero attached hydrogens (tertiary/aromatic N) is 1. The Bertz CT molecular complexity index is 130. The van der Waals surface area contributed by atoms with Crippen LogP contribution in [-0.2, 0) is 4.74 Å². The Morgan fingerprint density at radius 3 is 2.42 bits per heavy atom. The molecule has 72 valence electrons. The van der Waals surface area contributed by atoms with Crippen LogP contribution in [0.5, 0.6) is 0 Å². The van der Waals surface area contributed by atoms with Gasteiger partial charge in [-0.1, -0.05) is 0 Å². The van der Waals surface area contributed by atoms with Gasteiger partial charge in [-0.2, -0.15) is 0 Å². The standard InChI is InChI=1S/C9H19NO2/c1-9(2,3-6-11)10-4-7-12-8-5-10/h11H,3-8H2,1-2H3. The molecule has 0 spiro atoms. The van der Waals surface area contributed by atoms with E-state index in [-0.39, 0.29) is 12.1 Å². The maximum Gasteiger partial charge on any atom is 0.0594 e. The first kappa shape index (κ1) is 9.96. The van der Waals surface area contributed by atoms with Gasteiger partial charge >= 0.3 is 0 Å². The predicted octanol–water partition coefficient (Wildman–Crippen LogP) is 0.480. The van der Waals surface area contributed by atoms with E-state index < -0.39 is 0 Å². The zero-order chi connectivity index (χ0) is 9.03. The molecule has 1 aliphatic heterocycles. The molecule has 0 saturated carbocycles. The lowest BCUT2D eigenvalue weighted by molar-refractivity contribution is -0.0174. The molecule has 0 aromatic rings. The molecule has 0 aromatic heterocycles. The van der Waals surface area contributed by atoms with Crippen molar-refractivity contribution in [1.29, 1.82) is 0 Å². The summed E-state index contributed by atoms with van der Waals surface area (Å²) in [6, 6.07) is 0. The Labute approximate surface area is 74.3 Å². The molecular formula is C9H19NO2. The highest BCUT2D eigenvalue weighted by molar-refractivity contribution is 4.82. The fourth-order valence-electron chi connectivity index (χ4n) is 1.60. The van der Waals surface area contributed by atoms with E-state index >= 15 is 0 Å². The first-order valence-corrected chi connectivity index (χ1v) is 4.60. The van der Waals surface area contributed by atoms with Gasteiger partial charge in [0, 0.05) is 25.2 Å². The number of aliphatic hydroxyl groups is 1. The topological polar surface area (TPSA) is 32.7 Å². The molecular weight excluding hydrogens is 154 g/mol. The minimum Gasteiger partial charge on any atom is -0.396 e. The lowest BCUT2D eigenvalue weighted by atomic mass is 9.98. The van der Waals surface area contributed by atoms with Crippen LogP contribution >= 0.6 is 0 Å². The van der Waals surface area contributed by atoms with Gasteiger partial charge in [0.05, 0.1) is 13.2 Å². The van der Waals surface area contributed by atoms with Crippen LogP contribution in [0, 0.1) is 0 Å². The van der Waals surface area contributed by atoms with Gasteiger partial charge < -0.3 is 9.84 Å². The maximum absolute atomic E-state index is 8.87. The van der Waals surface area contributed by atoms with Gasteiger partial charge in [0.25, 0.3) is 0 Å². The Morgan fingerprint density at radius 2 is 1.92 bits per heavy atom. The van der Waals surface area contributed by atoms with E-state index in [0.717, 1.165) is 32.7 Å². The summed E-state index contributed by atoms with van der Waals surface area (Å²) >= 11 is 0. The fourth-order valence-corrected chi connectivity index (χ4v) is 1.60. The molecule has 12 heavy (non-hydrogen) atoms. The first-order chi connectivity index (χ1) is 5.67. The van der Waals surface area contributed by atoms with E-state index in [1.165, 1.54) is 0 Å². The molecule has 0 atom stereocenters. The summed E-state index contributed by atoms with van der Waals surface area (Å²) in [5.41, 5.74) is 0.124. The third-order valence-corrected chi connectivity index (χ3v) is 2.59. The predicted molar refractivity (Wildman–Crippen MR) is 48.2 cm³/mol. The third-order valence-electron chi connectivity index (χ3n) is 2.59. The highest BCUT2D eigenvalue weighted by Gasteiger charge is 2.27. The van der Waals surface area contributed by atoms with Crippen molar-refractivity contribution in [3.63, 3.8) is 0 Å². The van der Waals surface area contributed by atoms with Crippen LogP contribution in [-0.4, -0.2) is 48.5 Å². The van der Waals surface area contributed by atoms with Crippen LogP contribution in [0.3, 0.4) is 0 Å². The van der Waals surface area contributed by atoms with Crippen molar-refractivity contribution in [3.05, 3.63) is 0 Å². The molecule has 0 unspecified atom stereocenters. The van der Waals surface area contributed by atoms with E-state index in [2.05, 4.69) is 18.7 Å². The summed E-state index contributed by atoms with van der Waals surface area (Å²) in [4.78, 5) is 2.38. The van der Waals surface area contributed by atoms with E-state index in [9.17, 15) is 0 Å². The molecule has 0 aromatic carbocycles. The maximum atomic E-state index is 8.87. The van der Waals surface area contributed by atoms with E-state index in [4.69, 9.17) is 9.84 Å². The summed E-state index contributed by atoms with van der Waals surface area (Å²) in [6.45, 7) is 8.26. The van der Waals surface area contributed by atoms with Crippen LogP contribution in [0.1, 0.15) is 20.3 Å². The molecule has 0 radical (unpaired) electrons. The van der Waals surface area contributed by atoms with Crippen molar-refractivity contribution in [2.24, 2.45) is 0 Å². The van der Waals surface area contributed by atoms with E-state index in [1.54, 1.807) is 0 Å². The number of ether oxygens (including phenoxy) is 1. The van der Waals surface area contributed by atoms with Crippen LogP contribution in [0.25, 0.3) is 0 Å². The SMILES string of the molecule is CC(C)(CCO)N1CCOCC1. The van der Waals surface area contributed by atoms with Gasteiger partial charge in [-0.3, -0.25) is 4.90 Å². The third kappa shape index (κ3) is 2.44. The minimum atomic E-state index is 0.124. The second-order valence-electron chi connectivity index (χ2n) is 3.89. The molecule has 1 N–H and O–H groups in total. The van der Waals surface area contributed by atoms with Gasteiger partial charge in [0.15, 0.2) is 0 Å². The summed E-state index contributed by atoms with van der Waals surface area (Å²) in [7, 11) is 0. The molecule has 3 heteroatoms. The highest BCUT2D eigenvalue weighted by Crippen LogP contribution is 2.19. The molecule has 1 fully saturated rings. The number of aliphatic hydroxyl groups excluding tert-OH is 1. The minimum absolute atomic E-state index is 0.124. The first-order valence-electron chi connectivity index (χ1n) is 4.60. The van der Waals surface area contributed by atoms with Crippen LogP contribution in [0.2, 0.25) is 0 Å². The zero-order valence-corrected chi connectivity index (χ0v) is 8.05. The highest BCUT2D eigenvalue weighted by atomic mass is 16.5. The molecule has 3 nitrogen and oxygen atoms in total. The van der Waals surface area contributed by atoms with Gasteiger partial charge in [-0.05, 0) is 20.3 Å². The van der Waals surface area contributed by atoms with Crippen molar-refractivity contribution in [2.75, 3.05) is 32.9 Å². The van der Waals surface area contributed by atoms with Crippen molar-refractivity contribution < 1.29 is 9.84 Å². The average molecular weight is 173 g/mol. The zero-order valence-electron chi connectivity index (χ0n) is 8.05. The van der Waals surface area contributed by atoms with Crippen LogP contribution in [0.4, 0.5) is 0 Å². The normalized spacial score (nSPS) is 21.2. The van der Waals surface area contributed by atoms with Gasteiger partial charge in [0.1, 0.15) is 0 Å². The average Bonchev–Trinajstić information content (AvgIpc) is 2.06. The number of hydrogen-bond acceptors (Lipinski definition) is 3. The van der Waals surface area contributed by atoms with Crippen molar-refractivity contribution in [1.82, 2.24) is 4.90 Å². The smallest absolute Gasteiger partial charge is 0.0594 e. The molecule has 0 aliphatic carbocycles.